The van der Waals surface area contributed by atoms with Gasteiger partial charge in [-0.25, -0.2) is 9.97 Å². The van der Waals surface area contributed by atoms with Crippen LogP contribution in [0.3, 0.4) is 0 Å². The van der Waals surface area contributed by atoms with E-state index in [1.807, 2.05) is 6.26 Å². The Kier molecular flexibility index (Phi) is 4.40. The van der Waals surface area contributed by atoms with E-state index in [2.05, 4.69) is 46.0 Å². The highest BCUT2D eigenvalue weighted by Crippen LogP contribution is 2.49. The first kappa shape index (κ1) is 16.8. The minimum Gasteiger partial charge on any atom is -0.365 e. The van der Waals surface area contributed by atoms with Crippen molar-refractivity contribution in [3.63, 3.8) is 0 Å². The predicted molar refractivity (Wildman–Crippen MR) is 101 cm³/mol. The van der Waals surface area contributed by atoms with Gasteiger partial charge in [-0.05, 0) is 48.3 Å². The van der Waals surface area contributed by atoms with E-state index in [4.69, 9.17) is 21.3 Å². The van der Waals surface area contributed by atoms with Crippen molar-refractivity contribution in [1.82, 2.24) is 9.97 Å². The lowest BCUT2D eigenvalue weighted by Gasteiger charge is -2.44. The van der Waals surface area contributed by atoms with Gasteiger partial charge in [0.15, 0.2) is 5.16 Å². The molecule has 0 amide bonds. The van der Waals surface area contributed by atoms with Crippen molar-refractivity contribution < 1.29 is 4.74 Å². The fourth-order valence-corrected chi connectivity index (χ4v) is 4.86. The predicted octanol–water partition coefficient (Wildman–Crippen LogP) is 5.48. The van der Waals surface area contributed by atoms with Crippen molar-refractivity contribution in [3.8, 4) is 0 Å². The monoisotopic (exact) mass is 424 g/mol. The molecule has 126 valence electrons. The van der Waals surface area contributed by atoms with Crippen LogP contribution >= 0.6 is 39.3 Å². The van der Waals surface area contributed by atoms with Gasteiger partial charge in [-0.3, -0.25) is 0 Å². The van der Waals surface area contributed by atoms with Crippen molar-refractivity contribution in [3.05, 3.63) is 50.2 Å². The first-order chi connectivity index (χ1) is 11.5. The molecule has 24 heavy (non-hydrogen) atoms. The lowest BCUT2D eigenvalue weighted by atomic mass is 9.71. The van der Waals surface area contributed by atoms with Gasteiger partial charge in [-0.15, -0.1) is 0 Å². The molecule has 0 fully saturated rings. The summed E-state index contributed by atoms with van der Waals surface area (Å²) in [5, 5.41) is 1.26. The first-order valence-corrected chi connectivity index (χ1v) is 10.4. The SMILES string of the molecule is CSc1nc(Cl)c2c(n1)C[C@]1(CC[C@H](C)c3ccc(Br)cc31)OC2. The molecular formula is C18H18BrClN2OS. The number of hydrogen-bond acceptors (Lipinski definition) is 4. The Balaban J connectivity index is 1.83. The third-order valence-corrected chi connectivity index (χ3v) is 6.52. The number of ether oxygens (including phenoxy) is 1. The van der Waals surface area contributed by atoms with Crippen LogP contribution in [0.15, 0.2) is 27.8 Å². The highest BCUT2D eigenvalue weighted by atomic mass is 79.9. The van der Waals surface area contributed by atoms with Crippen LogP contribution in [-0.2, 0) is 23.4 Å². The number of benzene rings is 1. The molecule has 4 rings (SSSR count). The van der Waals surface area contributed by atoms with Crippen LogP contribution in [-0.4, -0.2) is 16.2 Å². The number of halogens is 2. The zero-order chi connectivity index (χ0) is 16.9. The summed E-state index contributed by atoms with van der Waals surface area (Å²) in [5.74, 6) is 0.555. The van der Waals surface area contributed by atoms with Crippen molar-refractivity contribution >= 4 is 39.3 Å². The van der Waals surface area contributed by atoms with Gasteiger partial charge < -0.3 is 4.74 Å². The Morgan fingerprint density at radius 2 is 2.21 bits per heavy atom. The van der Waals surface area contributed by atoms with Crippen LogP contribution in [0.25, 0.3) is 0 Å². The molecular weight excluding hydrogens is 408 g/mol. The van der Waals surface area contributed by atoms with Gasteiger partial charge in [0.1, 0.15) is 5.15 Å². The van der Waals surface area contributed by atoms with Gasteiger partial charge in [-0.1, -0.05) is 52.3 Å². The number of aromatic nitrogens is 2. The van der Waals surface area contributed by atoms with Gasteiger partial charge in [0.25, 0.3) is 0 Å². The lowest BCUT2D eigenvalue weighted by Crippen LogP contribution is -2.40. The van der Waals surface area contributed by atoms with E-state index in [0.29, 0.717) is 17.7 Å². The Morgan fingerprint density at radius 3 is 3.00 bits per heavy atom. The van der Waals surface area contributed by atoms with Gasteiger partial charge in [0.05, 0.1) is 17.9 Å². The van der Waals surface area contributed by atoms with E-state index >= 15 is 0 Å². The molecule has 0 unspecified atom stereocenters. The fourth-order valence-electron chi connectivity index (χ4n) is 3.82. The molecule has 2 aromatic rings. The van der Waals surface area contributed by atoms with Crippen LogP contribution in [0.5, 0.6) is 0 Å². The van der Waals surface area contributed by atoms with Crippen molar-refractivity contribution in [2.75, 3.05) is 6.26 Å². The maximum atomic E-state index is 6.42. The van der Waals surface area contributed by atoms with Gasteiger partial charge >= 0.3 is 0 Å². The quantitative estimate of drug-likeness (QED) is 0.344. The lowest BCUT2D eigenvalue weighted by molar-refractivity contribution is -0.0874. The number of thioether (sulfide) groups is 1. The smallest absolute Gasteiger partial charge is 0.188 e. The third-order valence-electron chi connectivity index (χ3n) is 5.17. The molecule has 2 heterocycles. The molecule has 0 N–H and O–H groups in total. The summed E-state index contributed by atoms with van der Waals surface area (Å²) < 4.78 is 7.52. The van der Waals surface area contributed by atoms with Crippen molar-refractivity contribution in [2.24, 2.45) is 0 Å². The van der Waals surface area contributed by atoms with E-state index in [0.717, 1.165) is 40.1 Å². The van der Waals surface area contributed by atoms with Crippen LogP contribution in [0.1, 0.15) is 48.1 Å². The zero-order valence-corrected chi connectivity index (χ0v) is 16.8. The molecule has 2 atom stereocenters. The van der Waals surface area contributed by atoms with Crippen LogP contribution in [0.4, 0.5) is 0 Å². The van der Waals surface area contributed by atoms with E-state index in [9.17, 15) is 0 Å². The van der Waals surface area contributed by atoms with E-state index in [-0.39, 0.29) is 5.60 Å². The molecule has 1 aliphatic carbocycles. The highest BCUT2D eigenvalue weighted by Gasteiger charge is 2.43. The Labute approximate surface area is 159 Å². The molecule has 3 nitrogen and oxygen atoms in total. The minimum absolute atomic E-state index is 0.300. The maximum Gasteiger partial charge on any atom is 0.188 e. The summed E-state index contributed by atoms with van der Waals surface area (Å²) in [4.78, 5) is 9.07. The van der Waals surface area contributed by atoms with Crippen LogP contribution < -0.4 is 0 Å². The summed E-state index contributed by atoms with van der Waals surface area (Å²) in [7, 11) is 0. The molecule has 2 aliphatic rings. The molecule has 6 heteroatoms. The topological polar surface area (TPSA) is 35.0 Å². The summed E-state index contributed by atoms with van der Waals surface area (Å²) in [6.45, 7) is 2.77. The standard InChI is InChI=1S/C18H18BrClN2OS/c1-10-5-6-18(14-7-11(19)3-4-12(10)14)8-15-13(9-23-18)16(20)22-17(21-15)24-2/h3-4,7,10H,5-6,8-9H2,1-2H3/t10-,18-/m0/s1. The van der Waals surface area contributed by atoms with E-state index in [1.54, 1.807) is 0 Å². The first-order valence-electron chi connectivity index (χ1n) is 8.05. The average Bonchev–Trinajstić information content (AvgIpc) is 2.58. The largest absolute Gasteiger partial charge is 0.365 e. The van der Waals surface area contributed by atoms with Gasteiger partial charge in [0.2, 0.25) is 0 Å². The van der Waals surface area contributed by atoms with Gasteiger partial charge in [-0.2, -0.15) is 0 Å². The molecule has 0 saturated carbocycles. The van der Waals surface area contributed by atoms with E-state index < -0.39 is 0 Å². The molecule has 1 aromatic carbocycles. The highest BCUT2D eigenvalue weighted by molar-refractivity contribution is 9.10. The third kappa shape index (κ3) is 2.70. The number of fused-ring (bicyclic) bond motifs is 3. The number of hydrogen-bond donors (Lipinski definition) is 0. The van der Waals surface area contributed by atoms with Crippen molar-refractivity contribution in [1.29, 1.82) is 0 Å². The molecule has 0 saturated heterocycles. The van der Waals surface area contributed by atoms with E-state index in [1.165, 1.54) is 22.9 Å². The number of rotatable bonds is 1. The summed E-state index contributed by atoms with van der Waals surface area (Å²) >= 11 is 11.5. The average molecular weight is 426 g/mol. The summed E-state index contributed by atoms with van der Waals surface area (Å²) in [6, 6.07) is 6.56. The summed E-state index contributed by atoms with van der Waals surface area (Å²) in [6.07, 6.45) is 4.86. The van der Waals surface area contributed by atoms with Crippen LogP contribution in [0, 0.1) is 0 Å². The Morgan fingerprint density at radius 1 is 1.38 bits per heavy atom. The Bertz CT molecular complexity index is 816. The second kappa shape index (κ2) is 6.27. The molecule has 1 aromatic heterocycles. The van der Waals surface area contributed by atoms with Crippen LogP contribution in [0.2, 0.25) is 5.15 Å². The second-order valence-corrected chi connectivity index (χ2v) is 8.60. The number of nitrogens with zero attached hydrogens (tertiary/aromatic N) is 2. The molecule has 1 spiro atoms. The fraction of sp³-hybridized carbons (Fsp3) is 0.444. The molecule has 1 aliphatic heterocycles. The Hall–Kier alpha value is -0.620. The van der Waals surface area contributed by atoms with Gasteiger partial charge in [0, 0.05) is 16.5 Å². The zero-order valence-electron chi connectivity index (χ0n) is 13.6. The second-order valence-electron chi connectivity index (χ2n) is 6.56. The minimum atomic E-state index is -0.300. The molecule has 0 radical (unpaired) electrons. The summed E-state index contributed by atoms with van der Waals surface area (Å²) in [5.41, 5.74) is 4.35. The van der Waals surface area contributed by atoms with Crippen molar-refractivity contribution in [2.45, 2.75) is 49.5 Å². The normalized spacial score (nSPS) is 25.4. The maximum absolute atomic E-state index is 6.42. The molecule has 0 bridgehead atoms.